The zero-order valence-corrected chi connectivity index (χ0v) is 9.12. The van der Waals surface area contributed by atoms with Crippen LogP contribution >= 0.6 is 11.6 Å². The molecule has 0 radical (unpaired) electrons. The van der Waals surface area contributed by atoms with Gasteiger partial charge in [-0.05, 0) is 36.8 Å². The zero-order valence-electron chi connectivity index (χ0n) is 8.37. The number of nitrogens with two attached hydrogens (primary N) is 1. The van der Waals surface area contributed by atoms with Crippen LogP contribution in [-0.4, -0.2) is 4.98 Å². The van der Waals surface area contributed by atoms with E-state index >= 15 is 0 Å². The third-order valence-electron chi connectivity index (χ3n) is 2.24. The molecule has 1 heterocycles. The molecule has 3 heteroatoms. The maximum atomic E-state index is 5.95. The summed E-state index contributed by atoms with van der Waals surface area (Å²) < 4.78 is 0. The van der Waals surface area contributed by atoms with Crippen LogP contribution in [0.2, 0.25) is 5.02 Å². The summed E-state index contributed by atoms with van der Waals surface area (Å²) in [6.45, 7) is 1.98. The van der Waals surface area contributed by atoms with E-state index in [1.54, 1.807) is 6.20 Å². The number of anilines is 1. The van der Waals surface area contributed by atoms with Gasteiger partial charge in [0.2, 0.25) is 0 Å². The molecule has 2 nitrogen and oxygen atoms in total. The molecule has 0 atom stereocenters. The molecule has 0 bridgehead atoms. The van der Waals surface area contributed by atoms with Gasteiger partial charge in [0, 0.05) is 10.6 Å². The van der Waals surface area contributed by atoms with Crippen molar-refractivity contribution in [2.45, 2.75) is 6.92 Å². The van der Waals surface area contributed by atoms with E-state index < -0.39 is 0 Å². The molecule has 2 N–H and O–H groups in total. The Bertz CT molecular complexity index is 477. The summed E-state index contributed by atoms with van der Waals surface area (Å²) in [5.41, 5.74) is 9.25. The summed E-state index contributed by atoms with van der Waals surface area (Å²) in [5.74, 6) is 0. The van der Waals surface area contributed by atoms with E-state index in [0.29, 0.717) is 5.69 Å². The molecular formula is C12H11ClN2. The van der Waals surface area contributed by atoms with Crippen LogP contribution in [0, 0.1) is 6.92 Å². The summed E-state index contributed by atoms with van der Waals surface area (Å²) >= 11 is 5.95. The van der Waals surface area contributed by atoms with E-state index in [1.165, 1.54) is 0 Å². The SMILES string of the molecule is Cc1cc(-c2ccc(N)cn2)ccc1Cl. The molecule has 0 aliphatic heterocycles. The minimum Gasteiger partial charge on any atom is -0.397 e. The standard InChI is InChI=1S/C12H11ClN2/c1-8-6-9(2-4-11(8)13)12-5-3-10(14)7-15-12/h2-7H,14H2,1H3. The van der Waals surface area contributed by atoms with E-state index in [-0.39, 0.29) is 0 Å². The highest BCUT2D eigenvalue weighted by Gasteiger charge is 2.01. The van der Waals surface area contributed by atoms with Crippen LogP contribution in [0.3, 0.4) is 0 Å². The third kappa shape index (κ3) is 2.10. The van der Waals surface area contributed by atoms with Gasteiger partial charge in [-0.3, -0.25) is 4.98 Å². The molecule has 0 amide bonds. The third-order valence-corrected chi connectivity index (χ3v) is 2.66. The number of aromatic nitrogens is 1. The van der Waals surface area contributed by atoms with Gasteiger partial charge in [-0.15, -0.1) is 0 Å². The van der Waals surface area contributed by atoms with Gasteiger partial charge in [-0.25, -0.2) is 0 Å². The Hall–Kier alpha value is -1.54. The monoisotopic (exact) mass is 218 g/mol. The van der Waals surface area contributed by atoms with Crippen LogP contribution in [0.5, 0.6) is 0 Å². The Labute approximate surface area is 93.7 Å². The maximum absolute atomic E-state index is 5.95. The van der Waals surface area contributed by atoms with Crippen LogP contribution in [0.1, 0.15) is 5.56 Å². The molecule has 0 saturated heterocycles. The van der Waals surface area contributed by atoms with Crippen molar-refractivity contribution in [3.63, 3.8) is 0 Å². The Kier molecular flexibility index (Phi) is 2.60. The number of hydrogen-bond donors (Lipinski definition) is 1. The van der Waals surface area contributed by atoms with Gasteiger partial charge in [-0.2, -0.15) is 0 Å². The molecule has 0 fully saturated rings. The van der Waals surface area contributed by atoms with Crippen LogP contribution < -0.4 is 5.73 Å². The highest BCUT2D eigenvalue weighted by atomic mass is 35.5. The smallest absolute Gasteiger partial charge is 0.0703 e. The molecule has 15 heavy (non-hydrogen) atoms. The molecule has 76 valence electrons. The lowest BCUT2D eigenvalue weighted by Gasteiger charge is -2.03. The number of benzene rings is 1. The Morgan fingerprint density at radius 2 is 2.00 bits per heavy atom. The van der Waals surface area contributed by atoms with Crippen molar-refractivity contribution in [2.75, 3.05) is 5.73 Å². The first-order valence-electron chi connectivity index (χ1n) is 4.65. The fraction of sp³-hybridized carbons (Fsp3) is 0.0833. The van der Waals surface area contributed by atoms with Gasteiger partial charge in [0.15, 0.2) is 0 Å². The van der Waals surface area contributed by atoms with Crippen molar-refractivity contribution in [3.05, 3.63) is 47.1 Å². The Morgan fingerprint density at radius 3 is 2.60 bits per heavy atom. The van der Waals surface area contributed by atoms with Crippen LogP contribution in [-0.2, 0) is 0 Å². The van der Waals surface area contributed by atoms with Gasteiger partial charge < -0.3 is 5.73 Å². The van der Waals surface area contributed by atoms with E-state index in [2.05, 4.69) is 4.98 Å². The van der Waals surface area contributed by atoms with Crippen molar-refractivity contribution >= 4 is 17.3 Å². The van der Waals surface area contributed by atoms with Crippen LogP contribution in [0.4, 0.5) is 5.69 Å². The van der Waals surface area contributed by atoms with E-state index in [0.717, 1.165) is 21.8 Å². The summed E-state index contributed by atoms with van der Waals surface area (Å²) in [6, 6.07) is 9.59. The van der Waals surface area contributed by atoms with Gasteiger partial charge >= 0.3 is 0 Å². The highest BCUT2D eigenvalue weighted by molar-refractivity contribution is 6.31. The minimum atomic E-state index is 0.671. The molecule has 2 rings (SSSR count). The molecular weight excluding hydrogens is 208 g/mol. The lowest BCUT2D eigenvalue weighted by Crippen LogP contribution is -1.88. The largest absolute Gasteiger partial charge is 0.397 e. The molecule has 0 aliphatic carbocycles. The molecule has 0 spiro atoms. The summed E-state index contributed by atoms with van der Waals surface area (Å²) in [5, 5.41) is 0.772. The fourth-order valence-electron chi connectivity index (χ4n) is 1.38. The number of halogens is 1. The van der Waals surface area contributed by atoms with Crippen molar-refractivity contribution in [1.82, 2.24) is 4.98 Å². The normalized spacial score (nSPS) is 10.3. The van der Waals surface area contributed by atoms with Crippen molar-refractivity contribution < 1.29 is 0 Å². The van der Waals surface area contributed by atoms with Crippen molar-refractivity contribution in [1.29, 1.82) is 0 Å². The topological polar surface area (TPSA) is 38.9 Å². The Balaban J connectivity index is 2.45. The second kappa shape index (κ2) is 3.91. The predicted molar refractivity (Wildman–Crippen MR) is 63.8 cm³/mol. The predicted octanol–water partition coefficient (Wildman–Crippen LogP) is 3.29. The van der Waals surface area contributed by atoms with E-state index in [1.807, 2.05) is 37.3 Å². The number of nitrogen functional groups attached to an aromatic ring is 1. The zero-order chi connectivity index (χ0) is 10.8. The molecule has 2 aromatic rings. The molecule has 1 aromatic heterocycles. The van der Waals surface area contributed by atoms with E-state index in [4.69, 9.17) is 17.3 Å². The first kappa shape index (κ1) is 9.99. The van der Waals surface area contributed by atoms with Crippen molar-refractivity contribution in [2.24, 2.45) is 0 Å². The quantitative estimate of drug-likeness (QED) is 0.798. The number of hydrogen-bond acceptors (Lipinski definition) is 2. The van der Waals surface area contributed by atoms with E-state index in [9.17, 15) is 0 Å². The number of pyridine rings is 1. The second-order valence-corrected chi connectivity index (χ2v) is 3.85. The van der Waals surface area contributed by atoms with Gasteiger partial charge in [0.05, 0.1) is 17.6 Å². The first-order valence-corrected chi connectivity index (χ1v) is 5.02. The highest BCUT2D eigenvalue weighted by Crippen LogP contribution is 2.23. The Morgan fingerprint density at radius 1 is 1.20 bits per heavy atom. The van der Waals surface area contributed by atoms with Crippen molar-refractivity contribution in [3.8, 4) is 11.3 Å². The second-order valence-electron chi connectivity index (χ2n) is 3.44. The number of rotatable bonds is 1. The number of aryl methyl sites for hydroxylation is 1. The minimum absolute atomic E-state index is 0.671. The summed E-state index contributed by atoms with van der Waals surface area (Å²) in [4.78, 5) is 4.25. The van der Waals surface area contributed by atoms with Gasteiger partial charge in [-0.1, -0.05) is 17.7 Å². The van der Waals surface area contributed by atoms with Gasteiger partial charge in [0.1, 0.15) is 0 Å². The van der Waals surface area contributed by atoms with Crippen LogP contribution in [0.15, 0.2) is 36.5 Å². The number of nitrogens with zero attached hydrogens (tertiary/aromatic N) is 1. The molecule has 1 aromatic carbocycles. The molecule has 0 saturated carbocycles. The summed E-state index contributed by atoms with van der Waals surface area (Å²) in [7, 11) is 0. The maximum Gasteiger partial charge on any atom is 0.0703 e. The fourth-order valence-corrected chi connectivity index (χ4v) is 1.50. The molecule has 0 aliphatic rings. The average molecular weight is 219 g/mol. The lowest BCUT2D eigenvalue weighted by atomic mass is 10.1. The van der Waals surface area contributed by atoms with Crippen LogP contribution in [0.25, 0.3) is 11.3 Å². The lowest BCUT2D eigenvalue weighted by molar-refractivity contribution is 1.32. The molecule has 0 unspecified atom stereocenters. The van der Waals surface area contributed by atoms with Gasteiger partial charge in [0.25, 0.3) is 0 Å². The summed E-state index contributed by atoms with van der Waals surface area (Å²) in [6.07, 6.45) is 1.65. The average Bonchev–Trinajstić information content (AvgIpc) is 2.23. The first-order chi connectivity index (χ1) is 7.16.